The molecule has 0 N–H and O–H groups in total. The van der Waals surface area contributed by atoms with Crippen LogP contribution >= 0.6 is 0 Å². The van der Waals surface area contributed by atoms with Gasteiger partial charge in [0.2, 0.25) is 0 Å². The molecule has 2 aliphatic rings. The van der Waals surface area contributed by atoms with Crippen molar-refractivity contribution in [2.45, 2.75) is 62.2 Å². The van der Waals surface area contributed by atoms with Crippen LogP contribution in [0.1, 0.15) is 52.4 Å². The highest BCUT2D eigenvalue weighted by molar-refractivity contribution is 7.86. The topological polar surface area (TPSA) is 114 Å². The molecule has 0 amide bonds. The van der Waals surface area contributed by atoms with Gasteiger partial charge in [0.25, 0.3) is 0 Å². The van der Waals surface area contributed by atoms with Crippen LogP contribution in [-0.2, 0) is 20.2 Å². The van der Waals surface area contributed by atoms with Crippen LogP contribution in [0.25, 0.3) is 11.1 Å². The molecule has 0 atom stereocenters. The van der Waals surface area contributed by atoms with Crippen molar-refractivity contribution < 1.29 is 34.9 Å². The van der Waals surface area contributed by atoms with E-state index in [0.29, 0.717) is 11.1 Å². The molecule has 0 spiro atoms. The third-order valence-electron chi connectivity index (χ3n) is 7.94. The molecular weight excluding hydrogens is 524 g/mol. The van der Waals surface area contributed by atoms with E-state index in [1.165, 1.54) is 111 Å². The summed E-state index contributed by atoms with van der Waals surface area (Å²) in [4.78, 5) is -0.694. The lowest BCUT2D eigenvalue weighted by Crippen LogP contribution is -2.47. The maximum absolute atomic E-state index is 10.8. The number of benzene rings is 2. The quantitative estimate of drug-likeness (QED) is 0.389. The highest BCUT2D eigenvalue weighted by Gasteiger charge is 2.22. The monoisotopic (exact) mass is 568 g/mol. The number of piperidine rings is 2. The van der Waals surface area contributed by atoms with Crippen molar-refractivity contribution in [3.05, 3.63) is 48.5 Å². The Morgan fingerprint density at radius 2 is 0.816 bits per heavy atom. The minimum Gasteiger partial charge on any atom is -0.744 e. The van der Waals surface area contributed by atoms with E-state index in [0.717, 1.165) is 24.3 Å². The predicted octanol–water partition coefficient (Wildman–Crippen LogP) is 4.44. The molecule has 10 heteroatoms. The van der Waals surface area contributed by atoms with Gasteiger partial charge in [-0.05, 0) is 87.8 Å². The summed E-state index contributed by atoms with van der Waals surface area (Å²) in [6, 6.07) is 10.3. The lowest BCUT2D eigenvalue weighted by molar-refractivity contribution is -0.912. The maximum Gasteiger partial charge on any atom is 0.124 e. The van der Waals surface area contributed by atoms with E-state index in [9.17, 15) is 25.9 Å². The summed E-state index contributed by atoms with van der Waals surface area (Å²) in [6.07, 6.45) is 8.73. The molecule has 0 saturated carbocycles. The van der Waals surface area contributed by atoms with Crippen molar-refractivity contribution in [1.29, 1.82) is 0 Å². The molecule has 2 aliphatic heterocycles. The normalized spacial score (nSPS) is 18.8. The number of nitrogens with zero attached hydrogens (tertiary/aromatic N) is 2. The summed E-state index contributed by atoms with van der Waals surface area (Å²) in [7, 11) is -4.25. The van der Waals surface area contributed by atoms with Gasteiger partial charge in [0.1, 0.15) is 20.2 Å². The van der Waals surface area contributed by atoms with Gasteiger partial charge in [0.05, 0.1) is 63.2 Å². The number of quaternary nitrogens is 2. The standard InChI is InChI=1S/C12H10O6S2.2C8H18N/c13-19(14,15)11-5-1-9(2-6-11)10-3-7-12(8-4-10)20(16,17)18;2*1-3-9(2)7-5-4-6-8-9/h1-8H,(H,13,14,15)(H,16,17,18);2*3-8H2,1-2H3/q;2*+1/p-2. The number of hydrogen-bond donors (Lipinski definition) is 0. The fraction of sp³-hybridized carbons (Fsp3) is 0.571. The second kappa shape index (κ2) is 14.0. The summed E-state index contributed by atoms with van der Waals surface area (Å²) in [5, 5.41) is 0. The number of likely N-dealkylation sites (tertiary alicyclic amines) is 2. The van der Waals surface area contributed by atoms with Crippen molar-refractivity contribution in [1.82, 2.24) is 0 Å². The van der Waals surface area contributed by atoms with Crippen molar-refractivity contribution in [2.75, 3.05) is 53.4 Å². The Bertz CT molecular complexity index is 1100. The summed E-state index contributed by atoms with van der Waals surface area (Å²) >= 11 is 0. The van der Waals surface area contributed by atoms with Crippen LogP contribution in [-0.4, -0.2) is 88.3 Å². The zero-order valence-corrected chi connectivity index (χ0v) is 24.9. The highest BCUT2D eigenvalue weighted by atomic mass is 32.2. The molecule has 2 aromatic carbocycles. The number of rotatable bonds is 5. The second-order valence-corrected chi connectivity index (χ2v) is 13.6. The smallest absolute Gasteiger partial charge is 0.124 e. The summed E-state index contributed by atoms with van der Waals surface area (Å²) < 4.78 is 67.3. The summed E-state index contributed by atoms with van der Waals surface area (Å²) in [6.45, 7) is 12.9. The fourth-order valence-corrected chi connectivity index (χ4v) is 5.75. The molecule has 214 valence electrons. The van der Waals surface area contributed by atoms with Crippen LogP contribution in [0.15, 0.2) is 58.3 Å². The Balaban J connectivity index is 0.000000232. The molecule has 2 saturated heterocycles. The van der Waals surface area contributed by atoms with Crippen LogP contribution in [0, 0.1) is 0 Å². The van der Waals surface area contributed by atoms with Crippen LogP contribution in [0.2, 0.25) is 0 Å². The van der Waals surface area contributed by atoms with Crippen molar-refractivity contribution in [3.63, 3.8) is 0 Å². The van der Waals surface area contributed by atoms with E-state index in [2.05, 4.69) is 27.9 Å². The molecule has 2 heterocycles. The molecule has 4 rings (SSSR count). The fourth-order valence-electron chi connectivity index (χ4n) is 4.81. The van der Waals surface area contributed by atoms with E-state index in [1.54, 1.807) is 0 Å². The average molecular weight is 569 g/mol. The van der Waals surface area contributed by atoms with Gasteiger partial charge < -0.3 is 18.1 Å². The van der Waals surface area contributed by atoms with E-state index in [4.69, 9.17) is 0 Å². The SMILES string of the molecule is CC[N+]1(C)CCCCC1.CC[N+]1(C)CCCCC1.O=S(=O)([O-])c1ccc(-c2ccc(S(=O)(=O)[O-])cc2)cc1. The largest absolute Gasteiger partial charge is 0.744 e. The molecular formula is C28H44N2O6S2. The second-order valence-electron chi connectivity index (χ2n) is 10.8. The summed E-state index contributed by atoms with van der Waals surface area (Å²) in [5.41, 5.74) is 1.18. The Labute approximate surface area is 230 Å². The molecule has 0 aliphatic carbocycles. The Morgan fingerprint density at radius 3 is 1.00 bits per heavy atom. The molecule has 0 unspecified atom stereocenters. The lowest BCUT2D eigenvalue weighted by Gasteiger charge is -2.36. The third kappa shape index (κ3) is 10.4. The molecule has 8 nitrogen and oxygen atoms in total. The maximum atomic E-state index is 10.8. The lowest BCUT2D eigenvalue weighted by atomic mass is 10.1. The van der Waals surface area contributed by atoms with E-state index in [-0.39, 0.29) is 9.79 Å². The van der Waals surface area contributed by atoms with Gasteiger partial charge in [-0.25, -0.2) is 16.8 Å². The van der Waals surface area contributed by atoms with E-state index in [1.807, 2.05) is 0 Å². The Kier molecular flexibility index (Phi) is 11.9. The predicted molar refractivity (Wildman–Crippen MR) is 148 cm³/mol. The van der Waals surface area contributed by atoms with E-state index < -0.39 is 20.2 Å². The third-order valence-corrected chi connectivity index (χ3v) is 9.64. The van der Waals surface area contributed by atoms with Crippen LogP contribution in [0.5, 0.6) is 0 Å². The first-order valence-electron chi connectivity index (χ1n) is 13.5. The minimum absolute atomic E-state index is 0.347. The van der Waals surface area contributed by atoms with Crippen molar-refractivity contribution >= 4 is 20.2 Å². The highest BCUT2D eigenvalue weighted by Crippen LogP contribution is 2.23. The molecule has 38 heavy (non-hydrogen) atoms. The Morgan fingerprint density at radius 1 is 0.553 bits per heavy atom. The average Bonchev–Trinajstić information content (AvgIpc) is 2.90. The first-order chi connectivity index (χ1) is 17.7. The van der Waals surface area contributed by atoms with Crippen LogP contribution in [0.3, 0.4) is 0 Å². The van der Waals surface area contributed by atoms with Crippen molar-refractivity contribution in [2.24, 2.45) is 0 Å². The first kappa shape index (κ1) is 32.4. The van der Waals surface area contributed by atoms with Gasteiger partial charge in [0.15, 0.2) is 0 Å². The molecule has 2 fully saturated rings. The van der Waals surface area contributed by atoms with Gasteiger partial charge >= 0.3 is 0 Å². The molecule has 0 bridgehead atoms. The zero-order chi connectivity index (χ0) is 28.5. The number of hydrogen-bond acceptors (Lipinski definition) is 6. The van der Waals surface area contributed by atoms with Gasteiger partial charge in [-0.3, -0.25) is 0 Å². The van der Waals surface area contributed by atoms with Crippen molar-refractivity contribution in [3.8, 4) is 11.1 Å². The van der Waals surface area contributed by atoms with Crippen LogP contribution in [0.4, 0.5) is 0 Å². The Hall–Kier alpha value is -1.82. The zero-order valence-electron chi connectivity index (χ0n) is 23.3. The molecule has 2 aromatic rings. The van der Waals surface area contributed by atoms with Gasteiger partial charge in [-0.1, -0.05) is 24.3 Å². The first-order valence-corrected chi connectivity index (χ1v) is 16.3. The molecule has 0 aromatic heterocycles. The minimum atomic E-state index is -4.50. The van der Waals surface area contributed by atoms with Crippen LogP contribution < -0.4 is 0 Å². The van der Waals surface area contributed by atoms with Gasteiger partial charge in [-0.2, -0.15) is 0 Å². The summed E-state index contributed by atoms with van der Waals surface area (Å²) in [5.74, 6) is 0. The molecule has 0 radical (unpaired) electrons. The van der Waals surface area contributed by atoms with Gasteiger partial charge in [0, 0.05) is 0 Å². The van der Waals surface area contributed by atoms with Gasteiger partial charge in [-0.15, -0.1) is 0 Å². The van der Waals surface area contributed by atoms with E-state index >= 15 is 0 Å².